The molecule has 0 radical (unpaired) electrons. The van der Waals surface area contributed by atoms with Gasteiger partial charge in [-0.05, 0) is 32.0 Å². The lowest BCUT2D eigenvalue weighted by molar-refractivity contribution is 0.0943. The summed E-state index contributed by atoms with van der Waals surface area (Å²) >= 11 is 0. The van der Waals surface area contributed by atoms with E-state index in [4.69, 9.17) is 4.74 Å². The van der Waals surface area contributed by atoms with Crippen molar-refractivity contribution in [1.29, 1.82) is 0 Å². The van der Waals surface area contributed by atoms with Gasteiger partial charge in [-0.1, -0.05) is 6.07 Å². The van der Waals surface area contributed by atoms with E-state index in [-0.39, 0.29) is 11.9 Å². The van der Waals surface area contributed by atoms with Gasteiger partial charge >= 0.3 is 0 Å². The minimum absolute atomic E-state index is 0.0138. The molecule has 18 heavy (non-hydrogen) atoms. The van der Waals surface area contributed by atoms with E-state index >= 15 is 0 Å². The Labute approximate surface area is 108 Å². The van der Waals surface area contributed by atoms with Crippen LogP contribution in [-0.4, -0.2) is 38.3 Å². The molecular formula is C14H20N2O2. The second kappa shape index (κ2) is 5.87. The topological polar surface area (TPSA) is 41.6 Å². The SMILES string of the molecule is CC(C)NC(=O)c1cccc(N2CCOCC2)c1. The fraction of sp³-hybridized carbons (Fsp3) is 0.500. The van der Waals surface area contributed by atoms with Gasteiger partial charge in [0, 0.05) is 30.4 Å². The summed E-state index contributed by atoms with van der Waals surface area (Å²) in [6.07, 6.45) is 0. The van der Waals surface area contributed by atoms with Crippen LogP contribution in [0.2, 0.25) is 0 Å². The summed E-state index contributed by atoms with van der Waals surface area (Å²) in [4.78, 5) is 14.2. The molecule has 1 heterocycles. The molecule has 2 rings (SSSR count). The highest BCUT2D eigenvalue weighted by molar-refractivity contribution is 5.95. The summed E-state index contributed by atoms with van der Waals surface area (Å²) in [5.41, 5.74) is 1.81. The lowest BCUT2D eigenvalue weighted by atomic mass is 10.1. The van der Waals surface area contributed by atoms with E-state index in [0.717, 1.165) is 32.0 Å². The smallest absolute Gasteiger partial charge is 0.251 e. The van der Waals surface area contributed by atoms with Crippen LogP contribution in [0.25, 0.3) is 0 Å². The van der Waals surface area contributed by atoms with Crippen molar-refractivity contribution < 1.29 is 9.53 Å². The van der Waals surface area contributed by atoms with Crippen molar-refractivity contribution in [2.75, 3.05) is 31.2 Å². The maximum absolute atomic E-state index is 11.9. The molecule has 0 bridgehead atoms. The molecule has 0 aliphatic carbocycles. The van der Waals surface area contributed by atoms with E-state index in [1.165, 1.54) is 0 Å². The number of nitrogens with one attached hydrogen (secondary N) is 1. The molecule has 1 amide bonds. The van der Waals surface area contributed by atoms with Crippen LogP contribution in [0.5, 0.6) is 0 Å². The number of nitrogens with zero attached hydrogens (tertiary/aromatic N) is 1. The van der Waals surface area contributed by atoms with Gasteiger partial charge in [0.1, 0.15) is 0 Å². The Hall–Kier alpha value is -1.55. The first-order valence-corrected chi connectivity index (χ1v) is 6.40. The van der Waals surface area contributed by atoms with Crippen molar-refractivity contribution in [2.45, 2.75) is 19.9 Å². The Morgan fingerprint density at radius 3 is 2.72 bits per heavy atom. The Bertz CT molecular complexity index is 412. The molecule has 1 aliphatic rings. The number of ether oxygens (including phenoxy) is 1. The van der Waals surface area contributed by atoms with E-state index in [1.54, 1.807) is 0 Å². The lowest BCUT2D eigenvalue weighted by Crippen LogP contribution is -2.36. The van der Waals surface area contributed by atoms with E-state index in [2.05, 4.69) is 10.2 Å². The van der Waals surface area contributed by atoms with Crippen LogP contribution in [0.3, 0.4) is 0 Å². The normalized spacial score (nSPS) is 15.8. The van der Waals surface area contributed by atoms with Crippen LogP contribution in [-0.2, 0) is 4.74 Å². The zero-order valence-electron chi connectivity index (χ0n) is 11.0. The highest BCUT2D eigenvalue weighted by atomic mass is 16.5. The average Bonchev–Trinajstić information content (AvgIpc) is 2.39. The third-order valence-electron chi connectivity index (χ3n) is 2.90. The number of carbonyl (C=O) groups excluding carboxylic acids is 1. The Kier molecular flexibility index (Phi) is 4.20. The van der Waals surface area contributed by atoms with Gasteiger partial charge in [-0.2, -0.15) is 0 Å². The van der Waals surface area contributed by atoms with E-state index in [0.29, 0.717) is 5.56 Å². The Morgan fingerprint density at radius 1 is 1.33 bits per heavy atom. The first kappa shape index (κ1) is 12.9. The minimum Gasteiger partial charge on any atom is -0.378 e. The highest BCUT2D eigenvalue weighted by Crippen LogP contribution is 2.17. The molecule has 4 heteroatoms. The van der Waals surface area contributed by atoms with Gasteiger partial charge in [0.2, 0.25) is 0 Å². The summed E-state index contributed by atoms with van der Waals surface area (Å²) in [5, 5.41) is 2.91. The predicted octanol–water partition coefficient (Wildman–Crippen LogP) is 1.66. The maximum Gasteiger partial charge on any atom is 0.251 e. The minimum atomic E-state index is -0.0138. The average molecular weight is 248 g/mol. The van der Waals surface area contributed by atoms with E-state index in [9.17, 15) is 4.79 Å². The van der Waals surface area contributed by atoms with Gasteiger partial charge in [0.05, 0.1) is 13.2 Å². The molecule has 0 spiro atoms. The van der Waals surface area contributed by atoms with Crippen molar-refractivity contribution in [3.8, 4) is 0 Å². The molecule has 98 valence electrons. The summed E-state index contributed by atoms with van der Waals surface area (Å²) < 4.78 is 5.33. The monoisotopic (exact) mass is 248 g/mol. The molecule has 0 atom stereocenters. The van der Waals surface area contributed by atoms with Crippen LogP contribution in [0.4, 0.5) is 5.69 Å². The van der Waals surface area contributed by atoms with Crippen LogP contribution in [0, 0.1) is 0 Å². The van der Waals surface area contributed by atoms with Crippen molar-refractivity contribution in [3.05, 3.63) is 29.8 Å². The molecule has 1 aliphatic heterocycles. The molecule has 1 aromatic rings. The first-order chi connectivity index (χ1) is 8.66. The van der Waals surface area contributed by atoms with Gasteiger partial charge in [0.25, 0.3) is 5.91 Å². The van der Waals surface area contributed by atoms with Crippen molar-refractivity contribution >= 4 is 11.6 Å². The molecule has 0 saturated carbocycles. The molecule has 1 N–H and O–H groups in total. The zero-order chi connectivity index (χ0) is 13.0. The molecule has 1 fully saturated rings. The predicted molar refractivity (Wildman–Crippen MR) is 72.1 cm³/mol. The number of hydrogen-bond acceptors (Lipinski definition) is 3. The van der Waals surface area contributed by atoms with Crippen molar-refractivity contribution in [2.24, 2.45) is 0 Å². The third-order valence-corrected chi connectivity index (χ3v) is 2.90. The van der Waals surface area contributed by atoms with Gasteiger partial charge in [-0.3, -0.25) is 4.79 Å². The van der Waals surface area contributed by atoms with E-state index < -0.39 is 0 Å². The number of benzene rings is 1. The molecular weight excluding hydrogens is 228 g/mol. The van der Waals surface area contributed by atoms with Crippen LogP contribution < -0.4 is 10.2 Å². The van der Waals surface area contributed by atoms with Gasteiger partial charge in [-0.15, -0.1) is 0 Å². The summed E-state index contributed by atoms with van der Waals surface area (Å²) in [6.45, 7) is 7.20. The van der Waals surface area contributed by atoms with Crippen LogP contribution in [0.1, 0.15) is 24.2 Å². The van der Waals surface area contributed by atoms with Crippen LogP contribution >= 0.6 is 0 Å². The van der Waals surface area contributed by atoms with Crippen molar-refractivity contribution in [3.63, 3.8) is 0 Å². The number of rotatable bonds is 3. The quantitative estimate of drug-likeness (QED) is 0.884. The summed E-state index contributed by atoms with van der Waals surface area (Å²) in [6, 6.07) is 7.92. The molecule has 1 aromatic carbocycles. The Balaban J connectivity index is 2.11. The number of anilines is 1. The van der Waals surface area contributed by atoms with Gasteiger partial charge in [0.15, 0.2) is 0 Å². The maximum atomic E-state index is 11.9. The zero-order valence-corrected chi connectivity index (χ0v) is 11.0. The standard InChI is InChI=1S/C14H20N2O2/c1-11(2)15-14(17)12-4-3-5-13(10-12)16-6-8-18-9-7-16/h3-5,10-11H,6-9H2,1-2H3,(H,15,17). The molecule has 4 nitrogen and oxygen atoms in total. The number of morpholine rings is 1. The number of hydrogen-bond donors (Lipinski definition) is 1. The number of amides is 1. The third kappa shape index (κ3) is 3.23. The second-order valence-corrected chi connectivity index (χ2v) is 4.78. The van der Waals surface area contributed by atoms with Gasteiger partial charge < -0.3 is 15.0 Å². The summed E-state index contributed by atoms with van der Waals surface area (Å²) in [5.74, 6) is -0.0138. The summed E-state index contributed by atoms with van der Waals surface area (Å²) in [7, 11) is 0. The van der Waals surface area contributed by atoms with Gasteiger partial charge in [-0.25, -0.2) is 0 Å². The number of carbonyl (C=O) groups is 1. The first-order valence-electron chi connectivity index (χ1n) is 6.40. The highest BCUT2D eigenvalue weighted by Gasteiger charge is 2.13. The molecule has 0 aromatic heterocycles. The molecule has 1 saturated heterocycles. The molecule has 0 unspecified atom stereocenters. The lowest BCUT2D eigenvalue weighted by Gasteiger charge is -2.29. The van der Waals surface area contributed by atoms with E-state index in [1.807, 2.05) is 38.1 Å². The Morgan fingerprint density at radius 2 is 2.06 bits per heavy atom. The fourth-order valence-corrected chi connectivity index (χ4v) is 2.01. The second-order valence-electron chi connectivity index (χ2n) is 4.78. The van der Waals surface area contributed by atoms with Crippen molar-refractivity contribution in [1.82, 2.24) is 5.32 Å². The van der Waals surface area contributed by atoms with Crippen LogP contribution in [0.15, 0.2) is 24.3 Å². The fourth-order valence-electron chi connectivity index (χ4n) is 2.01. The largest absolute Gasteiger partial charge is 0.378 e.